The van der Waals surface area contributed by atoms with E-state index in [0.29, 0.717) is 11.3 Å². The molecular formula is C12H11F3N2O. The number of rotatable bonds is 3. The first kappa shape index (κ1) is 12.6. The van der Waals surface area contributed by atoms with Crippen molar-refractivity contribution in [2.24, 2.45) is 0 Å². The SMILES string of the molecule is OCc1cn(Cc2cccc(C(F)(F)F)c2)cn1. The van der Waals surface area contributed by atoms with Crippen LogP contribution in [-0.4, -0.2) is 14.7 Å². The van der Waals surface area contributed by atoms with Crippen LogP contribution in [0.3, 0.4) is 0 Å². The second-order valence-electron chi connectivity index (χ2n) is 3.89. The molecule has 0 aliphatic carbocycles. The highest BCUT2D eigenvalue weighted by Crippen LogP contribution is 2.29. The van der Waals surface area contributed by atoms with Gasteiger partial charge in [0.1, 0.15) is 0 Å². The van der Waals surface area contributed by atoms with Gasteiger partial charge in [-0.3, -0.25) is 0 Å². The van der Waals surface area contributed by atoms with Gasteiger partial charge in [0.05, 0.1) is 24.2 Å². The first-order valence-corrected chi connectivity index (χ1v) is 5.26. The average Bonchev–Trinajstić information content (AvgIpc) is 2.76. The standard InChI is InChI=1S/C12H11F3N2O/c13-12(14,15)10-3-1-2-9(4-10)5-17-6-11(7-18)16-8-17/h1-4,6,8,18H,5,7H2. The summed E-state index contributed by atoms with van der Waals surface area (Å²) < 4.78 is 39.2. The van der Waals surface area contributed by atoms with E-state index in [-0.39, 0.29) is 13.2 Å². The van der Waals surface area contributed by atoms with E-state index in [9.17, 15) is 13.2 Å². The van der Waals surface area contributed by atoms with Crippen LogP contribution in [0.2, 0.25) is 0 Å². The largest absolute Gasteiger partial charge is 0.416 e. The monoisotopic (exact) mass is 256 g/mol. The number of nitrogens with zero attached hydrogens (tertiary/aromatic N) is 2. The molecule has 1 heterocycles. The molecule has 0 bridgehead atoms. The molecule has 18 heavy (non-hydrogen) atoms. The van der Waals surface area contributed by atoms with Crippen LogP contribution < -0.4 is 0 Å². The van der Waals surface area contributed by atoms with E-state index < -0.39 is 11.7 Å². The molecule has 0 aliphatic rings. The van der Waals surface area contributed by atoms with E-state index in [1.807, 2.05) is 0 Å². The molecule has 0 spiro atoms. The number of alkyl halides is 3. The van der Waals surface area contributed by atoms with Crippen molar-refractivity contribution in [2.45, 2.75) is 19.3 Å². The van der Waals surface area contributed by atoms with Crippen LogP contribution >= 0.6 is 0 Å². The van der Waals surface area contributed by atoms with Gasteiger partial charge in [0, 0.05) is 12.7 Å². The quantitative estimate of drug-likeness (QED) is 0.916. The molecule has 1 aromatic heterocycles. The predicted octanol–water partition coefficient (Wildman–Crippen LogP) is 2.44. The molecule has 0 saturated heterocycles. The molecular weight excluding hydrogens is 245 g/mol. The maximum atomic E-state index is 12.5. The molecule has 2 aromatic rings. The zero-order valence-corrected chi connectivity index (χ0v) is 9.35. The van der Waals surface area contributed by atoms with E-state index in [4.69, 9.17) is 5.11 Å². The van der Waals surface area contributed by atoms with Crippen molar-refractivity contribution < 1.29 is 18.3 Å². The van der Waals surface area contributed by atoms with Gasteiger partial charge in [0.2, 0.25) is 0 Å². The molecule has 96 valence electrons. The smallest absolute Gasteiger partial charge is 0.390 e. The van der Waals surface area contributed by atoms with Gasteiger partial charge in [-0.25, -0.2) is 4.98 Å². The van der Waals surface area contributed by atoms with Crippen LogP contribution in [0.1, 0.15) is 16.8 Å². The number of aliphatic hydroxyl groups is 1. The summed E-state index contributed by atoms with van der Waals surface area (Å²) in [6.07, 6.45) is -1.26. The van der Waals surface area contributed by atoms with Gasteiger partial charge >= 0.3 is 6.18 Å². The van der Waals surface area contributed by atoms with Crippen LogP contribution in [-0.2, 0) is 19.3 Å². The lowest BCUT2D eigenvalue weighted by atomic mass is 10.1. The number of imidazole rings is 1. The summed E-state index contributed by atoms with van der Waals surface area (Å²) in [5.41, 5.74) is 0.358. The van der Waals surface area contributed by atoms with Crippen molar-refractivity contribution >= 4 is 0 Å². The average molecular weight is 256 g/mol. The summed E-state index contributed by atoms with van der Waals surface area (Å²) in [7, 11) is 0. The van der Waals surface area contributed by atoms with E-state index in [1.165, 1.54) is 12.4 Å². The second-order valence-corrected chi connectivity index (χ2v) is 3.89. The number of aliphatic hydroxyl groups excluding tert-OH is 1. The molecule has 0 saturated carbocycles. The Morgan fingerprint density at radius 2 is 2.06 bits per heavy atom. The third-order valence-electron chi connectivity index (χ3n) is 2.47. The third kappa shape index (κ3) is 2.89. The Hall–Kier alpha value is -1.82. The normalized spacial score (nSPS) is 11.8. The first-order chi connectivity index (χ1) is 8.49. The molecule has 1 N–H and O–H groups in total. The van der Waals surface area contributed by atoms with Crippen LogP contribution in [0.5, 0.6) is 0 Å². The van der Waals surface area contributed by atoms with Gasteiger partial charge in [-0.1, -0.05) is 12.1 Å². The highest BCUT2D eigenvalue weighted by atomic mass is 19.4. The first-order valence-electron chi connectivity index (χ1n) is 5.26. The van der Waals surface area contributed by atoms with Crippen LogP contribution in [0, 0.1) is 0 Å². The topological polar surface area (TPSA) is 38.0 Å². The van der Waals surface area contributed by atoms with Crippen molar-refractivity contribution in [2.75, 3.05) is 0 Å². The molecule has 0 radical (unpaired) electrons. The van der Waals surface area contributed by atoms with Crippen molar-refractivity contribution in [3.8, 4) is 0 Å². The maximum absolute atomic E-state index is 12.5. The molecule has 6 heteroatoms. The Balaban J connectivity index is 2.19. The van der Waals surface area contributed by atoms with Crippen molar-refractivity contribution in [1.29, 1.82) is 0 Å². The van der Waals surface area contributed by atoms with Gasteiger partial charge in [-0.2, -0.15) is 13.2 Å². The van der Waals surface area contributed by atoms with Crippen LogP contribution in [0.4, 0.5) is 13.2 Å². The Morgan fingerprint density at radius 3 is 2.67 bits per heavy atom. The number of hydrogen-bond acceptors (Lipinski definition) is 2. The molecule has 3 nitrogen and oxygen atoms in total. The Kier molecular flexibility index (Phi) is 3.38. The molecule has 0 atom stereocenters. The lowest BCUT2D eigenvalue weighted by molar-refractivity contribution is -0.137. The minimum Gasteiger partial charge on any atom is -0.390 e. The molecule has 0 amide bonds. The lowest BCUT2D eigenvalue weighted by Crippen LogP contribution is -2.06. The molecule has 0 aliphatic heterocycles. The fourth-order valence-electron chi connectivity index (χ4n) is 1.63. The van der Waals surface area contributed by atoms with Gasteiger partial charge in [-0.05, 0) is 17.7 Å². The highest BCUT2D eigenvalue weighted by molar-refractivity contribution is 5.26. The Labute approximate surface area is 102 Å². The number of hydrogen-bond donors (Lipinski definition) is 1. The van der Waals surface area contributed by atoms with E-state index in [0.717, 1.165) is 12.1 Å². The van der Waals surface area contributed by atoms with Crippen molar-refractivity contribution in [1.82, 2.24) is 9.55 Å². The molecule has 0 unspecified atom stereocenters. The molecule has 2 rings (SSSR count). The zero-order valence-electron chi connectivity index (χ0n) is 9.35. The predicted molar refractivity (Wildman–Crippen MR) is 58.7 cm³/mol. The minimum absolute atomic E-state index is 0.185. The third-order valence-corrected chi connectivity index (χ3v) is 2.47. The summed E-state index contributed by atoms with van der Waals surface area (Å²) in [6, 6.07) is 5.14. The zero-order chi connectivity index (χ0) is 13.2. The summed E-state index contributed by atoms with van der Waals surface area (Å²) >= 11 is 0. The summed E-state index contributed by atoms with van der Waals surface area (Å²) in [4.78, 5) is 3.89. The van der Waals surface area contributed by atoms with Crippen molar-refractivity contribution in [3.63, 3.8) is 0 Å². The fourth-order valence-corrected chi connectivity index (χ4v) is 1.63. The fraction of sp³-hybridized carbons (Fsp3) is 0.250. The van der Waals surface area contributed by atoms with Gasteiger partial charge in [-0.15, -0.1) is 0 Å². The summed E-state index contributed by atoms with van der Waals surface area (Å²) in [5.74, 6) is 0. The number of halogens is 3. The molecule has 1 aromatic carbocycles. The lowest BCUT2D eigenvalue weighted by Gasteiger charge is -2.08. The Bertz CT molecular complexity index is 534. The number of aromatic nitrogens is 2. The van der Waals surface area contributed by atoms with Gasteiger partial charge in [0.15, 0.2) is 0 Å². The van der Waals surface area contributed by atoms with Crippen LogP contribution in [0.15, 0.2) is 36.8 Å². The minimum atomic E-state index is -4.33. The highest BCUT2D eigenvalue weighted by Gasteiger charge is 2.30. The van der Waals surface area contributed by atoms with Crippen LogP contribution in [0.25, 0.3) is 0 Å². The Morgan fingerprint density at radius 1 is 1.28 bits per heavy atom. The van der Waals surface area contributed by atoms with Gasteiger partial charge in [0.25, 0.3) is 0 Å². The van der Waals surface area contributed by atoms with E-state index in [2.05, 4.69) is 4.98 Å². The summed E-state index contributed by atoms with van der Waals surface area (Å²) in [5, 5.41) is 8.84. The van der Waals surface area contributed by atoms with E-state index in [1.54, 1.807) is 16.8 Å². The van der Waals surface area contributed by atoms with Crippen molar-refractivity contribution in [3.05, 3.63) is 53.6 Å². The molecule has 0 fully saturated rings. The van der Waals surface area contributed by atoms with E-state index >= 15 is 0 Å². The summed E-state index contributed by atoms with van der Waals surface area (Å²) in [6.45, 7) is 0.104. The maximum Gasteiger partial charge on any atom is 0.416 e. The number of benzene rings is 1. The van der Waals surface area contributed by atoms with Gasteiger partial charge < -0.3 is 9.67 Å². The second kappa shape index (κ2) is 4.81.